The van der Waals surface area contributed by atoms with Crippen LogP contribution in [-0.4, -0.2) is 15.6 Å². The van der Waals surface area contributed by atoms with Gasteiger partial charge in [0.1, 0.15) is 11.4 Å². The van der Waals surface area contributed by atoms with Gasteiger partial charge in [-0.25, -0.2) is 4.98 Å². The van der Waals surface area contributed by atoms with Crippen LogP contribution in [0.3, 0.4) is 0 Å². The van der Waals surface area contributed by atoms with Gasteiger partial charge in [-0.15, -0.1) is 0 Å². The SMILES string of the molecule is CC1(C)CC(Nc2nc3ccccc3c(=O)[nH]2)c2ccccc2O1. The van der Waals surface area contributed by atoms with Gasteiger partial charge in [0.25, 0.3) is 5.56 Å². The average molecular weight is 321 g/mol. The molecule has 0 saturated heterocycles. The lowest BCUT2D eigenvalue weighted by Crippen LogP contribution is -2.37. The quantitative estimate of drug-likeness (QED) is 0.756. The van der Waals surface area contributed by atoms with Crippen LogP contribution in [0.4, 0.5) is 5.95 Å². The second-order valence-corrected chi connectivity index (χ2v) is 6.73. The van der Waals surface area contributed by atoms with Gasteiger partial charge in [0, 0.05) is 12.0 Å². The Balaban J connectivity index is 1.74. The van der Waals surface area contributed by atoms with E-state index in [1.165, 1.54) is 0 Å². The van der Waals surface area contributed by atoms with Crippen molar-refractivity contribution in [2.75, 3.05) is 5.32 Å². The van der Waals surface area contributed by atoms with Gasteiger partial charge in [0.15, 0.2) is 0 Å². The molecule has 5 nitrogen and oxygen atoms in total. The first-order chi connectivity index (χ1) is 11.5. The minimum atomic E-state index is -0.289. The van der Waals surface area contributed by atoms with Crippen molar-refractivity contribution in [1.82, 2.24) is 9.97 Å². The molecule has 0 fully saturated rings. The fraction of sp³-hybridized carbons (Fsp3) is 0.263. The van der Waals surface area contributed by atoms with E-state index in [9.17, 15) is 4.79 Å². The van der Waals surface area contributed by atoms with Crippen molar-refractivity contribution >= 4 is 16.9 Å². The summed E-state index contributed by atoms with van der Waals surface area (Å²) in [7, 11) is 0. The topological polar surface area (TPSA) is 67.0 Å². The summed E-state index contributed by atoms with van der Waals surface area (Å²) in [6, 6.07) is 15.3. The van der Waals surface area contributed by atoms with E-state index in [0.717, 1.165) is 17.7 Å². The molecule has 1 aliphatic heterocycles. The molecule has 2 aromatic carbocycles. The fourth-order valence-electron chi connectivity index (χ4n) is 3.25. The Kier molecular flexibility index (Phi) is 3.30. The highest BCUT2D eigenvalue weighted by molar-refractivity contribution is 5.78. The second-order valence-electron chi connectivity index (χ2n) is 6.73. The lowest BCUT2D eigenvalue weighted by molar-refractivity contribution is 0.0758. The zero-order chi connectivity index (χ0) is 16.7. The summed E-state index contributed by atoms with van der Waals surface area (Å²) in [6.45, 7) is 4.13. The first-order valence-corrected chi connectivity index (χ1v) is 8.05. The average Bonchev–Trinajstić information content (AvgIpc) is 2.54. The molecule has 0 bridgehead atoms. The van der Waals surface area contributed by atoms with Crippen molar-refractivity contribution in [3.05, 3.63) is 64.4 Å². The lowest BCUT2D eigenvalue weighted by Gasteiger charge is -2.37. The maximum atomic E-state index is 12.3. The number of anilines is 1. The number of para-hydroxylation sites is 2. The molecule has 0 spiro atoms. The van der Waals surface area contributed by atoms with Gasteiger partial charge in [-0.2, -0.15) is 0 Å². The van der Waals surface area contributed by atoms with E-state index >= 15 is 0 Å². The van der Waals surface area contributed by atoms with Gasteiger partial charge in [-0.1, -0.05) is 30.3 Å². The number of nitrogens with one attached hydrogen (secondary N) is 2. The third kappa shape index (κ3) is 2.62. The number of rotatable bonds is 2. The number of hydrogen-bond acceptors (Lipinski definition) is 4. The van der Waals surface area contributed by atoms with Crippen LogP contribution in [0.15, 0.2) is 53.3 Å². The molecule has 0 aliphatic carbocycles. The van der Waals surface area contributed by atoms with Crippen molar-refractivity contribution in [2.45, 2.75) is 31.9 Å². The minimum Gasteiger partial charge on any atom is -0.487 e. The summed E-state index contributed by atoms with van der Waals surface area (Å²) >= 11 is 0. The smallest absolute Gasteiger partial charge is 0.260 e. The largest absolute Gasteiger partial charge is 0.487 e. The van der Waals surface area contributed by atoms with E-state index in [1.54, 1.807) is 6.07 Å². The molecule has 0 amide bonds. The summed E-state index contributed by atoms with van der Waals surface area (Å²) in [5.41, 5.74) is 1.34. The summed E-state index contributed by atoms with van der Waals surface area (Å²) in [5, 5.41) is 3.97. The highest BCUT2D eigenvalue weighted by Gasteiger charge is 2.33. The van der Waals surface area contributed by atoms with Crippen molar-refractivity contribution < 1.29 is 4.74 Å². The molecule has 0 saturated carbocycles. The van der Waals surface area contributed by atoms with Crippen LogP contribution in [0.25, 0.3) is 10.9 Å². The van der Waals surface area contributed by atoms with Crippen LogP contribution in [-0.2, 0) is 0 Å². The van der Waals surface area contributed by atoms with Crippen molar-refractivity contribution in [3.63, 3.8) is 0 Å². The number of ether oxygens (including phenoxy) is 1. The first kappa shape index (κ1) is 14.8. The molecule has 2 heterocycles. The Morgan fingerprint density at radius 1 is 1.17 bits per heavy atom. The molecule has 1 atom stereocenters. The van der Waals surface area contributed by atoms with Crippen LogP contribution in [0, 0.1) is 0 Å². The van der Waals surface area contributed by atoms with Crippen molar-refractivity contribution in [3.8, 4) is 5.75 Å². The Labute approximate surface area is 139 Å². The standard InChI is InChI=1S/C19H19N3O2/c1-19(2)11-15(12-7-4-6-10-16(12)24-19)21-18-20-14-9-5-3-8-13(14)17(23)22-18/h3-10,15H,11H2,1-2H3,(H2,20,21,22,23). The van der Waals surface area contributed by atoms with E-state index < -0.39 is 0 Å². The molecule has 0 radical (unpaired) electrons. The molecule has 5 heteroatoms. The Hall–Kier alpha value is -2.82. The predicted molar refractivity (Wildman–Crippen MR) is 94.5 cm³/mol. The lowest BCUT2D eigenvalue weighted by atomic mass is 9.90. The zero-order valence-corrected chi connectivity index (χ0v) is 13.7. The fourth-order valence-corrected chi connectivity index (χ4v) is 3.25. The number of hydrogen-bond donors (Lipinski definition) is 2. The molecule has 2 N–H and O–H groups in total. The predicted octanol–water partition coefficient (Wildman–Crippen LogP) is 3.64. The molecule has 1 aliphatic rings. The van der Waals surface area contributed by atoms with Gasteiger partial charge >= 0.3 is 0 Å². The van der Waals surface area contributed by atoms with Crippen LogP contribution < -0.4 is 15.6 Å². The maximum Gasteiger partial charge on any atom is 0.260 e. The van der Waals surface area contributed by atoms with Gasteiger partial charge in [0.05, 0.1) is 16.9 Å². The van der Waals surface area contributed by atoms with Crippen LogP contribution in [0.5, 0.6) is 5.75 Å². The second kappa shape index (κ2) is 5.37. The van der Waals surface area contributed by atoms with Crippen LogP contribution in [0.1, 0.15) is 31.9 Å². The Morgan fingerprint density at radius 3 is 2.79 bits per heavy atom. The van der Waals surface area contributed by atoms with E-state index in [0.29, 0.717) is 16.9 Å². The van der Waals surface area contributed by atoms with Crippen LogP contribution in [0.2, 0.25) is 0 Å². The zero-order valence-electron chi connectivity index (χ0n) is 13.7. The number of nitrogens with zero attached hydrogens (tertiary/aromatic N) is 1. The number of H-pyrrole nitrogens is 1. The monoisotopic (exact) mass is 321 g/mol. The Morgan fingerprint density at radius 2 is 1.92 bits per heavy atom. The van der Waals surface area contributed by atoms with E-state index in [1.807, 2.05) is 42.5 Å². The van der Waals surface area contributed by atoms with Gasteiger partial charge < -0.3 is 10.1 Å². The molecule has 122 valence electrons. The summed E-state index contributed by atoms with van der Waals surface area (Å²) in [4.78, 5) is 19.6. The molecular weight excluding hydrogens is 302 g/mol. The summed E-state index contributed by atoms with van der Waals surface area (Å²) < 4.78 is 6.05. The summed E-state index contributed by atoms with van der Waals surface area (Å²) in [6.07, 6.45) is 0.778. The van der Waals surface area contributed by atoms with Gasteiger partial charge in [-0.05, 0) is 32.0 Å². The molecule has 1 unspecified atom stereocenters. The normalized spacial score (nSPS) is 18.7. The first-order valence-electron chi connectivity index (χ1n) is 8.05. The number of fused-ring (bicyclic) bond motifs is 2. The van der Waals surface area contributed by atoms with E-state index in [2.05, 4.69) is 29.1 Å². The third-order valence-corrected chi connectivity index (χ3v) is 4.30. The third-order valence-electron chi connectivity index (χ3n) is 4.30. The van der Waals surface area contributed by atoms with E-state index in [-0.39, 0.29) is 17.2 Å². The number of aromatic nitrogens is 2. The van der Waals surface area contributed by atoms with Gasteiger partial charge in [-0.3, -0.25) is 9.78 Å². The van der Waals surface area contributed by atoms with Crippen molar-refractivity contribution in [1.29, 1.82) is 0 Å². The molecule has 24 heavy (non-hydrogen) atoms. The van der Waals surface area contributed by atoms with Crippen molar-refractivity contribution in [2.24, 2.45) is 0 Å². The highest BCUT2D eigenvalue weighted by atomic mass is 16.5. The Bertz CT molecular complexity index is 962. The highest BCUT2D eigenvalue weighted by Crippen LogP contribution is 2.40. The number of aromatic amines is 1. The molecule has 4 rings (SSSR count). The molecular formula is C19H19N3O2. The molecule has 1 aromatic heterocycles. The summed E-state index contributed by atoms with van der Waals surface area (Å²) in [5.74, 6) is 1.35. The van der Waals surface area contributed by atoms with Gasteiger partial charge in [0.2, 0.25) is 5.95 Å². The number of benzene rings is 2. The molecule has 3 aromatic rings. The van der Waals surface area contributed by atoms with E-state index in [4.69, 9.17) is 4.74 Å². The minimum absolute atomic E-state index is 0.0225. The van der Waals surface area contributed by atoms with Crippen LogP contribution >= 0.6 is 0 Å². The maximum absolute atomic E-state index is 12.3.